The second-order valence-electron chi connectivity index (χ2n) is 7.12. The van der Waals surface area contributed by atoms with Crippen LogP contribution in [0.4, 0.5) is 5.69 Å². The molecule has 2 amide bonds. The minimum atomic E-state index is 0.0692. The Kier molecular flexibility index (Phi) is 5.19. The SMILES string of the molecule is CC(=O)N(Cc1ccc(NC(=O)C2CC2)cc1)C1CCCCC1N. The largest absolute Gasteiger partial charge is 0.334 e. The third-order valence-electron chi connectivity index (χ3n) is 5.11. The first kappa shape index (κ1) is 17.0. The highest BCUT2D eigenvalue weighted by molar-refractivity contribution is 5.94. The monoisotopic (exact) mass is 329 g/mol. The Balaban J connectivity index is 1.63. The Morgan fingerprint density at radius 1 is 1.12 bits per heavy atom. The molecule has 130 valence electrons. The molecule has 2 saturated carbocycles. The van der Waals surface area contributed by atoms with Crippen molar-refractivity contribution >= 4 is 17.5 Å². The van der Waals surface area contributed by atoms with Crippen LogP contribution < -0.4 is 11.1 Å². The summed E-state index contributed by atoms with van der Waals surface area (Å²) in [7, 11) is 0. The first-order chi connectivity index (χ1) is 11.5. The molecule has 3 N–H and O–H groups in total. The van der Waals surface area contributed by atoms with Crippen molar-refractivity contribution in [1.82, 2.24) is 4.90 Å². The molecule has 0 aliphatic heterocycles. The number of nitrogens with zero attached hydrogens (tertiary/aromatic N) is 1. The van der Waals surface area contributed by atoms with Gasteiger partial charge in [0, 0.05) is 37.2 Å². The van der Waals surface area contributed by atoms with Crippen LogP contribution >= 0.6 is 0 Å². The van der Waals surface area contributed by atoms with Crippen molar-refractivity contribution in [3.8, 4) is 0 Å². The molecule has 1 aromatic carbocycles. The molecule has 0 saturated heterocycles. The summed E-state index contributed by atoms with van der Waals surface area (Å²) in [5.74, 6) is 0.385. The molecule has 2 unspecified atom stereocenters. The van der Waals surface area contributed by atoms with E-state index >= 15 is 0 Å². The summed E-state index contributed by atoms with van der Waals surface area (Å²) in [5, 5.41) is 2.94. The number of nitrogens with two attached hydrogens (primary N) is 1. The van der Waals surface area contributed by atoms with Gasteiger partial charge < -0.3 is 16.0 Å². The molecule has 1 aromatic rings. The number of rotatable bonds is 5. The van der Waals surface area contributed by atoms with Gasteiger partial charge in [-0.2, -0.15) is 0 Å². The van der Waals surface area contributed by atoms with Gasteiger partial charge in [0.25, 0.3) is 0 Å². The average molecular weight is 329 g/mol. The van der Waals surface area contributed by atoms with Gasteiger partial charge in [-0.3, -0.25) is 9.59 Å². The topological polar surface area (TPSA) is 75.4 Å². The van der Waals surface area contributed by atoms with Crippen LogP contribution in [0.5, 0.6) is 0 Å². The van der Waals surface area contributed by atoms with Crippen molar-refractivity contribution in [3.05, 3.63) is 29.8 Å². The van der Waals surface area contributed by atoms with E-state index in [1.165, 1.54) is 0 Å². The van der Waals surface area contributed by atoms with Gasteiger partial charge in [0.05, 0.1) is 0 Å². The summed E-state index contributed by atoms with van der Waals surface area (Å²) >= 11 is 0. The summed E-state index contributed by atoms with van der Waals surface area (Å²) < 4.78 is 0. The van der Waals surface area contributed by atoms with E-state index in [1.807, 2.05) is 29.2 Å². The van der Waals surface area contributed by atoms with Crippen LogP contribution in [0.15, 0.2) is 24.3 Å². The minimum absolute atomic E-state index is 0.0692. The standard InChI is InChI=1S/C19H27N3O2/c1-13(23)22(18-5-3-2-4-17(18)20)12-14-6-10-16(11-7-14)21-19(24)15-8-9-15/h6-7,10-11,15,17-18H,2-5,8-9,12,20H2,1H3,(H,21,24). The summed E-state index contributed by atoms with van der Waals surface area (Å²) in [6.07, 6.45) is 6.25. The van der Waals surface area contributed by atoms with E-state index in [-0.39, 0.29) is 29.8 Å². The number of benzene rings is 1. The van der Waals surface area contributed by atoms with Crippen LogP contribution in [-0.4, -0.2) is 28.8 Å². The Hall–Kier alpha value is -1.88. The number of hydrogen-bond donors (Lipinski definition) is 2. The molecular formula is C19H27N3O2. The number of hydrogen-bond acceptors (Lipinski definition) is 3. The highest BCUT2D eigenvalue weighted by Crippen LogP contribution is 2.30. The molecule has 2 aliphatic carbocycles. The molecule has 3 rings (SSSR count). The van der Waals surface area contributed by atoms with Gasteiger partial charge in [-0.05, 0) is 43.4 Å². The van der Waals surface area contributed by atoms with Crippen molar-refractivity contribution < 1.29 is 9.59 Å². The molecule has 24 heavy (non-hydrogen) atoms. The van der Waals surface area contributed by atoms with E-state index in [0.29, 0.717) is 6.54 Å². The minimum Gasteiger partial charge on any atom is -0.334 e. The van der Waals surface area contributed by atoms with Gasteiger partial charge >= 0.3 is 0 Å². The van der Waals surface area contributed by atoms with Crippen LogP contribution in [0.25, 0.3) is 0 Å². The van der Waals surface area contributed by atoms with Gasteiger partial charge in [-0.25, -0.2) is 0 Å². The zero-order valence-corrected chi connectivity index (χ0v) is 14.3. The highest BCUT2D eigenvalue weighted by Gasteiger charge is 2.30. The summed E-state index contributed by atoms with van der Waals surface area (Å²) in [6, 6.07) is 7.98. The quantitative estimate of drug-likeness (QED) is 0.872. The summed E-state index contributed by atoms with van der Waals surface area (Å²) in [6.45, 7) is 2.19. The molecule has 5 nitrogen and oxygen atoms in total. The average Bonchev–Trinajstić information content (AvgIpc) is 3.40. The number of anilines is 1. The van der Waals surface area contributed by atoms with E-state index in [0.717, 1.165) is 49.8 Å². The summed E-state index contributed by atoms with van der Waals surface area (Å²) in [4.78, 5) is 25.8. The second-order valence-corrected chi connectivity index (χ2v) is 7.12. The normalized spacial score (nSPS) is 23.6. The molecule has 2 aliphatic rings. The Morgan fingerprint density at radius 2 is 1.79 bits per heavy atom. The lowest BCUT2D eigenvalue weighted by Gasteiger charge is -2.38. The van der Waals surface area contributed by atoms with Gasteiger partial charge in [0.15, 0.2) is 0 Å². The van der Waals surface area contributed by atoms with E-state index < -0.39 is 0 Å². The lowest BCUT2D eigenvalue weighted by molar-refractivity contribution is -0.133. The Morgan fingerprint density at radius 3 is 2.38 bits per heavy atom. The van der Waals surface area contributed by atoms with Crippen LogP contribution in [0, 0.1) is 5.92 Å². The fraction of sp³-hybridized carbons (Fsp3) is 0.579. The van der Waals surface area contributed by atoms with Crippen LogP contribution in [0.2, 0.25) is 0 Å². The van der Waals surface area contributed by atoms with E-state index in [2.05, 4.69) is 5.32 Å². The van der Waals surface area contributed by atoms with E-state index in [4.69, 9.17) is 5.73 Å². The molecule has 2 fully saturated rings. The molecule has 0 aromatic heterocycles. The maximum absolute atomic E-state index is 12.1. The van der Waals surface area contributed by atoms with Gasteiger partial charge in [0.2, 0.25) is 11.8 Å². The predicted octanol–water partition coefficient (Wildman–Crippen LogP) is 2.65. The maximum Gasteiger partial charge on any atom is 0.227 e. The Labute approximate surface area is 143 Å². The third-order valence-corrected chi connectivity index (χ3v) is 5.11. The zero-order chi connectivity index (χ0) is 17.1. The fourth-order valence-electron chi connectivity index (χ4n) is 3.47. The smallest absolute Gasteiger partial charge is 0.227 e. The molecule has 2 atom stereocenters. The third kappa shape index (κ3) is 4.15. The van der Waals surface area contributed by atoms with Crippen molar-refractivity contribution in [3.63, 3.8) is 0 Å². The first-order valence-electron chi connectivity index (χ1n) is 8.97. The lowest BCUT2D eigenvalue weighted by atomic mass is 9.89. The Bertz CT molecular complexity index is 595. The number of carbonyl (C=O) groups is 2. The second kappa shape index (κ2) is 7.34. The lowest BCUT2D eigenvalue weighted by Crippen LogP contribution is -2.50. The van der Waals surface area contributed by atoms with Gasteiger partial charge in [-0.15, -0.1) is 0 Å². The van der Waals surface area contributed by atoms with Crippen LogP contribution in [-0.2, 0) is 16.1 Å². The molecule has 0 heterocycles. The van der Waals surface area contributed by atoms with Crippen molar-refractivity contribution in [2.45, 2.75) is 64.1 Å². The number of carbonyl (C=O) groups excluding carboxylic acids is 2. The molecule has 0 radical (unpaired) electrons. The number of amides is 2. The predicted molar refractivity (Wildman–Crippen MR) is 94.3 cm³/mol. The fourth-order valence-corrected chi connectivity index (χ4v) is 3.47. The zero-order valence-electron chi connectivity index (χ0n) is 14.3. The molecule has 0 spiro atoms. The van der Waals surface area contributed by atoms with Crippen LogP contribution in [0.3, 0.4) is 0 Å². The van der Waals surface area contributed by atoms with E-state index in [9.17, 15) is 9.59 Å². The van der Waals surface area contributed by atoms with Gasteiger partial charge in [-0.1, -0.05) is 25.0 Å². The maximum atomic E-state index is 12.1. The van der Waals surface area contributed by atoms with E-state index in [1.54, 1.807) is 6.92 Å². The number of nitrogens with one attached hydrogen (secondary N) is 1. The van der Waals surface area contributed by atoms with Crippen molar-refractivity contribution in [2.75, 3.05) is 5.32 Å². The summed E-state index contributed by atoms with van der Waals surface area (Å²) in [5.41, 5.74) is 8.12. The first-order valence-corrected chi connectivity index (χ1v) is 8.97. The molecule has 5 heteroatoms. The van der Waals surface area contributed by atoms with Crippen molar-refractivity contribution in [2.24, 2.45) is 11.7 Å². The highest BCUT2D eigenvalue weighted by atomic mass is 16.2. The van der Waals surface area contributed by atoms with Crippen molar-refractivity contribution in [1.29, 1.82) is 0 Å². The van der Waals surface area contributed by atoms with Gasteiger partial charge in [0.1, 0.15) is 0 Å². The van der Waals surface area contributed by atoms with Crippen LogP contribution in [0.1, 0.15) is 51.0 Å². The molecular weight excluding hydrogens is 302 g/mol. The molecule has 0 bridgehead atoms.